The number of carbonyl (C=O) groups excluding carboxylic acids is 2. The van der Waals surface area contributed by atoms with Gasteiger partial charge >= 0.3 is 0 Å². The lowest BCUT2D eigenvalue weighted by atomic mass is 10.0. The van der Waals surface area contributed by atoms with Gasteiger partial charge in [0.15, 0.2) is 5.79 Å². The molecule has 134 valence electrons. The van der Waals surface area contributed by atoms with E-state index in [4.69, 9.17) is 9.47 Å². The van der Waals surface area contributed by atoms with E-state index < -0.39 is 5.79 Å². The molecule has 3 aliphatic rings. The van der Waals surface area contributed by atoms with Crippen molar-refractivity contribution in [1.29, 1.82) is 0 Å². The van der Waals surface area contributed by atoms with E-state index in [2.05, 4.69) is 0 Å². The van der Waals surface area contributed by atoms with E-state index in [-0.39, 0.29) is 11.8 Å². The molecule has 2 amide bonds. The van der Waals surface area contributed by atoms with Crippen LogP contribution in [0.15, 0.2) is 24.3 Å². The lowest BCUT2D eigenvalue weighted by Gasteiger charge is -2.37. The molecule has 3 fully saturated rings. The summed E-state index contributed by atoms with van der Waals surface area (Å²) >= 11 is 0. The van der Waals surface area contributed by atoms with Crippen LogP contribution in [0.4, 0.5) is 0 Å². The number of hydrogen-bond acceptors (Lipinski definition) is 4. The van der Waals surface area contributed by atoms with Gasteiger partial charge < -0.3 is 19.3 Å². The number of piperidine rings is 1. The Labute approximate surface area is 147 Å². The summed E-state index contributed by atoms with van der Waals surface area (Å²) in [5.74, 6) is -0.182. The van der Waals surface area contributed by atoms with Gasteiger partial charge in [0, 0.05) is 51.0 Å². The van der Waals surface area contributed by atoms with Crippen LogP contribution in [0.3, 0.4) is 0 Å². The summed E-state index contributed by atoms with van der Waals surface area (Å²) < 4.78 is 11.4. The Kier molecular flexibility index (Phi) is 4.48. The Bertz CT molecular complexity index is 642. The van der Waals surface area contributed by atoms with Gasteiger partial charge in [0.25, 0.3) is 5.91 Å². The van der Waals surface area contributed by atoms with Crippen molar-refractivity contribution < 1.29 is 19.1 Å². The van der Waals surface area contributed by atoms with Gasteiger partial charge in [-0.05, 0) is 24.1 Å². The third-order valence-corrected chi connectivity index (χ3v) is 5.37. The number of likely N-dealkylation sites (tertiary alicyclic amines) is 2. The predicted octanol–water partition coefficient (Wildman–Crippen LogP) is 1.79. The van der Waals surface area contributed by atoms with Gasteiger partial charge in [-0.2, -0.15) is 0 Å². The van der Waals surface area contributed by atoms with Crippen LogP contribution in [0.25, 0.3) is 0 Å². The molecule has 1 aromatic carbocycles. The highest BCUT2D eigenvalue weighted by atomic mass is 16.7. The number of amides is 2. The van der Waals surface area contributed by atoms with Crippen LogP contribution in [0.5, 0.6) is 0 Å². The minimum absolute atomic E-state index is 0.0524. The Hall–Kier alpha value is -1.92. The highest BCUT2D eigenvalue weighted by Crippen LogP contribution is 2.31. The second kappa shape index (κ2) is 6.77. The molecule has 6 nitrogen and oxygen atoms in total. The first-order valence-electron chi connectivity index (χ1n) is 9.09. The summed E-state index contributed by atoms with van der Waals surface area (Å²) in [6, 6.07) is 7.64. The average molecular weight is 344 g/mol. The van der Waals surface area contributed by atoms with Gasteiger partial charge in [-0.15, -0.1) is 0 Å². The predicted molar refractivity (Wildman–Crippen MR) is 90.9 cm³/mol. The van der Waals surface area contributed by atoms with Gasteiger partial charge in [0.1, 0.15) is 0 Å². The SMILES string of the molecule is O=C1CCCN1Cc1ccc(C(=O)N2CCC3(CC2)OCCO3)cc1. The third kappa shape index (κ3) is 3.41. The van der Waals surface area contributed by atoms with Crippen LogP contribution in [-0.2, 0) is 20.8 Å². The lowest BCUT2D eigenvalue weighted by Crippen LogP contribution is -2.47. The van der Waals surface area contributed by atoms with Gasteiger partial charge in [-0.25, -0.2) is 0 Å². The van der Waals surface area contributed by atoms with Gasteiger partial charge in [-0.3, -0.25) is 9.59 Å². The molecular formula is C19H24N2O4. The molecule has 0 atom stereocenters. The monoisotopic (exact) mass is 344 g/mol. The molecule has 0 aromatic heterocycles. The molecule has 3 aliphatic heterocycles. The van der Waals surface area contributed by atoms with E-state index in [9.17, 15) is 9.59 Å². The molecule has 25 heavy (non-hydrogen) atoms. The standard InChI is InChI=1S/C19H24N2O4/c22-17-2-1-9-21(17)14-15-3-5-16(6-4-15)18(23)20-10-7-19(8-11-20)24-12-13-25-19/h3-6H,1-2,7-14H2. The van der Waals surface area contributed by atoms with Crippen molar-refractivity contribution in [2.75, 3.05) is 32.8 Å². The normalized spacial score (nSPS) is 22.8. The minimum Gasteiger partial charge on any atom is -0.347 e. The molecule has 6 heteroatoms. The van der Waals surface area contributed by atoms with Crippen molar-refractivity contribution >= 4 is 11.8 Å². The molecular weight excluding hydrogens is 320 g/mol. The first-order chi connectivity index (χ1) is 12.2. The van der Waals surface area contributed by atoms with Gasteiger partial charge in [-0.1, -0.05) is 12.1 Å². The van der Waals surface area contributed by atoms with Crippen molar-refractivity contribution in [3.8, 4) is 0 Å². The van der Waals surface area contributed by atoms with Crippen molar-refractivity contribution in [2.24, 2.45) is 0 Å². The zero-order valence-corrected chi connectivity index (χ0v) is 14.4. The van der Waals surface area contributed by atoms with E-state index in [0.29, 0.717) is 44.8 Å². The Morgan fingerprint density at radius 2 is 1.72 bits per heavy atom. The van der Waals surface area contributed by atoms with Crippen LogP contribution in [-0.4, -0.2) is 60.2 Å². The molecule has 0 aliphatic carbocycles. The number of carbonyl (C=O) groups is 2. The van der Waals surface area contributed by atoms with Crippen LogP contribution in [0.1, 0.15) is 41.6 Å². The average Bonchev–Trinajstić information content (AvgIpc) is 3.26. The molecule has 1 spiro atoms. The highest BCUT2D eigenvalue weighted by Gasteiger charge is 2.40. The van der Waals surface area contributed by atoms with E-state index in [1.807, 2.05) is 34.1 Å². The Morgan fingerprint density at radius 1 is 1.04 bits per heavy atom. The van der Waals surface area contributed by atoms with E-state index >= 15 is 0 Å². The molecule has 4 rings (SSSR count). The zero-order valence-electron chi connectivity index (χ0n) is 14.4. The molecule has 0 unspecified atom stereocenters. The highest BCUT2D eigenvalue weighted by molar-refractivity contribution is 5.94. The van der Waals surface area contributed by atoms with Crippen LogP contribution in [0.2, 0.25) is 0 Å². The first kappa shape index (κ1) is 16.5. The van der Waals surface area contributed by atoms with E-state index in [1.165, 1.54) is 0 Å². The summed E-state index contributed by atoms with van der Waals surface area (Å²) in [6.45, 7) is 4.07. The third-order valence-electron chi connectivity index (χ3n) is 5.37. The Balaban J connectivity index is 1.35. The number of rotatable bonds is 3. The minimum atomic E-state index is -0.455. The number of nitrogens with zero attached hydrogens (tertiary/aromatic N) is 2. The smallest absolute Gasteiger partial charge is 0.253 e. The fraction of sp³-hybridized carbons (Fsp3) is 0.579. The summed E-state index contributed by atoms with van der Waals surface area (Å²) in [7, 11) is 0. The van der Waals surface area contributed by atoms with Crippen LogP contribution in [0, 0.1) is 0 Å². The number of ether oxygens (including phenoxy) is 2. The van der Waals surface area contributed by atoms with Gasteiger partial charge in [0.2, 0.25) is 5.91 Å². The van der Waals surface area contributed by atoms with Crippen LogP contribution >= 0.6 is 0 Å². The zero-order chi connectivity index (χ0) is 17.3. The maximum Gasteiger partial charge on any atom is 0.253 e. The fourth-order valence-electron chi connectivity index (χ4n) is 3.86. The molecule has 1 aromatic rings. The van der Waals surface area contributed by atoms with E-state index in [0.717, 1.165) is 31.4 Å². The maximum absolute atomic E-state index is 12.7. The molecule has 0 saturated carbocycles. The summed E-state index contributed by atoms with van der Waals surface area (Å²) in [5.41, 5.74) is 1.76. The molecule has 3 saturated heterocycles. The largest absolute Gasteiger partial charge is 0.347 e. The second-order valence-corrected chi connectivity index (χ2v) is 7.02. The van der Waals surface area contributed by atoms with E-state index in [1.54, 1.807) is 0 Å². The molecule has 0 bridgehead atoms. The molecule has 3 heterocycles. The van der Waals surface area contributed by atoms with Crippen molar-refractivity contribution in [3.63, 3.8) is 0 Å². The fourth-order valence-corrected chi connectivity index (χ4v) is 3.86. The lowest BCUT2D eigenvalue weighted by molar-refractivity contribution is -0.181. The van der Waals surface area contributed by atoms with Crippen molar-refractivity contribution in [2.45, 2.75) is 38.0 Å². The van der Waals surface area contributed by atoms with Crippen molar-refractivity contribution in [3.05, 3.63) is 35.4 Å². The molecule has 0 N–H and O–H groups in total. The number of benzene rings is 1. The quantitative estimate of drug-likeness (QED) is 0.839. The number of hydrogen-bond donors (Lipinski definition) is 0. The summed E-state index contributed by atoms with van der Waals surface area (Å²) in [5, 5.41) is 0. The maximum atomic E-state index is 12.7. The van der Waals surface area contributed by atoms with Crippen molar-refractivity contribution in [1.82, 2.24) is 9.80 Å². The molecule has 0 radical (unpaired) electrons. The second-order valence-electron chi connectivity index (χ2n) is 7.02. The topological polar surface area (TPSA) is 59.1 Å². The Morgan fingerprint density at radius 3 is 2.32 bits per heavy atom. The summed E-state index contributed by atoms with van der Waals surface area (Å²) in [4.78, 5) is 28.2. The summed E-state index contributed by atoms with van der Waals surface area (Å²) in [6.07, 6.45) is 3.06. The van der Waals surface area contributed by atoms with Gasteiger partial charge in [0.05, 0.1) is 13.2 Å². The van der Waals surface area contributed by atoms with Crippen LogP contribution < -0.4 is 0 Å². The first-order valence-corrected chi connectivity index (χ1v) is 9.09.